The van der Waals surface area contributed by atoms with Gasteiger partial charge in [0.15, 0.2) is 6.61 Å². The number of primary amides is 1. The van der Waals surface area contributed by atoms with Crippen molar-refractivity contribution in [3.8, 4) is 5.75 Å². The normalized spacial score (nSPS) is 11.6. The third kappa shape index (κ3) is 4.84. The van der Waals surface area contributed by atoms with Gasteiger partial charge in [-0.15, -0.1) is 0 Å². The van der Waals surface area contributed by atoms with E-state index in [1.165, 1.54) is 5.56 Å². The van der Waals surface area contributed by atoms with E-state index in [-0.39, 0.29) is 18.6 Å². The molecule has 1 atom stereocenters. The minimum absolute atomic E-state index is 0.112. The third-order valence-corrected chi connectivity index (χ3v) is 3.71. The van der Waals surface area contributed by atoms with E-state index in [0.717, 1.165) is 12.0 Å². The van der Waals surface area contributed by atoms with Gasteiger partial charge in [-0.3, -0.25) is 9.59 Å². The van der Waals surface area contributed by atoms with Crippen LogP contribution in [0, 0.1) is 0 Å². The van der Waals surface area contributed by atoms with Crippen LogP contribution in [-0.2, 0) is 11.2 Å². The van der Waals surface area contributed by atoms with Gasteiger partial charge in [-0.2, -0.15) is 0 Å². The van der Waals surface area contributed by atoms with Gasteiger partial charge in [-0.25, -0.2) is 0 Å². The molecule has 5 nitrogen and oxygen atoms in total. The molecule has 0 saturated heterocycles. The number of nitrogens with one attached hydrogen (secondary N) is 1. The Bertz CT molecular complexity index is 711. The Hall–Kier alpha value is -2.82. The zero-order chi connectivity index (χ0) is 17.5. The fraction of sp³-hybridized carbons (Fsp3) is 0.263. The van der Waals surface area contributed by atoms with Crippen LogP contribution in [0.4, 0.5) is 0 Å². The second-order valence-electron chi connectivity index (χ2n) is 5.57. The summed E-state index contributed by atoms with van der Waals surface area (Å²) < 4.78 is 5.22. The first-order valence-corrected chi connectivity index (χ1v) is 7.90. The second-order valence-corrected chi connectivity index (χ2v) is 5.57. The van der Waals surface area contributed by atoms with Crippen LogP contribution in [0.3, 0.4) is 0 Å². The van der Waals surface area contributed by atoms with Crippen LogP contribution < -0.4 is 15.8 Å². The van der Waals surface area contributed by atoms with Crippen LogP contribution in [0.25, 0.3) is 0 Å². The summed E-state index contributed by atoms with van der Waals surface area (Å²) in [7, 11) is 0. The standard InChI is InChI=1S/C19H22N2O3/c1-3-14-7-9-15(10-8-14)13(2)21-19(23)16-5-4-6-17(11-16)24-12-18(20)22/h4-11,13H,3,12H2,1-2H3,(H2,20,22)(H,21,23). The SMILES string of the molecule is CCc1ccc(C(C)NC(=O)c2cccc(OCC(N)=O)c2)cc1. The van der Waals surface area contributed by atoms with E-state index < -0.39 is 5.91 Å². The average Bonchev–Trinajstić information content (AvgIpc) is 2.60. The van der Waals surface area contributed by atoms with Crippen molar-refractivity contribution in [2.75, 3.05) is 6.61 Å². The molecule has 5 heteroatoms. The summed E-state index contributed by atoms with van der Waals surface area (Å²) in [6.07, 6.45) is 0.985. The van der Waals surface area contributed by atoms with Gasteiger partial charge in [0.1, 0.15) is 5.75 Å². The smallest absolute Gasteiger partial charge is 0.255 e. The highest BCUT2D eigenvalue weighted by atomic mass is 16.5. The maximum Gasteiger partial charge on any atom is 0.255 e. The molecule has 0 aromatic heterocycles. The quantitative estimate of drug-likeness (QED) is 0.820. The maximum absolute atomic E-state index is 12.4. The first kappa shape index (κ1) is 17.5. The average molecular weight is 326 g/mol. The van der Waals surface area contributed by atoms with Crippen LogP contribution in [0.2, 0.25) is 0 Å². The minimum atomic E-state index is -0.561. The number of carbonyl (C=O) groups is 2. The Morgan fingerprint density at radius 2 is 1.88 bits per heavy atom. The molecule has 1 unspecified atom stereocenters. The van der Waals surface area contributed by atoms with Crippen molar-refractivity contribution in [2.45, 2.75) is 26.3 Å². The second kappa shape index (κ2) is 8.15. The van der Waals surface area contributed by atoms with Gasteiger partial charge < -0.3 is 15.8 Å². The van der Waals surface area contributed by atoms with E-state index >= 15 is 0 Å². The number of hydrogen-bond acceptors (Lipinski definition) is 3. The molecule has 0 aliphatic heterocycles. The van der Waals surface area contributed by atoms with Gasteiger partial charge >= 0.3 is 0 Å². The summed E-state index contributed by atoms with van der Waals surface area (Å²) in [5.41, 5.74) is 7.82. The molecule has 2 amide bonds. The molecule has 3 N–H and O–H groups in total. The fourth-order valence-corrected chi connectivity index (χ4v) is 2.29. The molecule has 24 heavy (non-hydrogen) atoms. The molecule has 0 bridgehead atoms. The monoisotopic (exact) mass is 326 g/mol. The minimum Gasteiger partial charge on any atom is -0.484 e. The van der Waals surface area contributed by atoms with E-state index in [9.17, 15) is 9.59 Å². The van der Waals surface area contributed by atoms with Gasteiger partial charge in [0.25, 0.3) is 11.8 Å². The Labute approximate surface area is 141 Å². The molecule has 0 fully saturated rings. The van der Waals surface area contributed by atoms with Crippen LogP contribution >= 0.6 is 0 Å². The first-order chi connectivity index (χ1) is 11.5. The molecule has 0 heterocycles. The number of carbonyl (C=O) groups excluding carboxylic acids is 2. The Balaban J connectivity index is 2.02. The van der Waals surface area contributed by atoms with Crippen molar-refractivity contribution in [2.24, 2.45) is 5.73 Å². The van der Waals surface area contributed by atoms with Crippen LogP contribution in [0.1, 0.15) is 41.4 Å². The molecule has 0 aliphatic carbocycles. The van der Waals surface area contributed by atoms with Gasteiger partial charge in [-0.1, -0.05) is 37.3 Å². The third-order valence-electron chi connectivity index (χ3n) is 3.71. The lowest BCUT2D eigenvalue weighted by atomic mass is 10.0. The largest absolute Gasteiger partial charge is 0.484 e. The highest BCUT2D eigenvalue weighted by molar-refractivity contribution is 5.94. The zero-order valence-electron chi connectivity index (χ0n) is 13.9. The topological polar surface area (TPSA) is 81.4 Å². The lowest BCUT2D eigenvalue weighted by Crippen LogP contribution is -2.26. The molecule has 2 aromatic carbocycles. The van der Waals surface area contributed by atoms with Crippen molar-refractivity contribution >= 4 is 11.8 Å². The molecule has 0 radical (unpaired) electrons. The maximum atomic E-state index is 12.4. The highest BCUT2D eigenvalue weighted by Crippen LogP contribution is 2.17. The van der Waals surface area contributed by atoms with E-state index in [4.69, 9.17) is 10.5 Å². The van der Waals surface area contributed by atoms with E-state index in [2.05, 4.69) is 24.4 Å². The number of hydrogen-bond donors (Lipinski definition) is 2. The van der Waals surface area contributed by atoms with Gasteiger partial charge in [0.2, 0.25) is 0 Å². The van der Waals surface area contributed by atoms with Crippen LogP contribution in [-0.4, -0.2) is 18.4 Å². The predicted octanol–water partition coefficient (Wildman–Crippen LogP) is 2.60. The van der Waals surface area contributed by atoms with Crippen LogP contribution in [0.15, 0.2) is 48.5 Å². The van der Waals surface area contributed by atoms with E-state index in [0.29, 0.717) is 11.3 Å². The summed E-state index contributed by atoms with van der Waals surface area (Å²) in [6, 6.07) is 14.7. The Kier molecular flexibility index (Phi) is 5.95. The molecule has 2 rings (SSSR count). The lowest BCUT2D eigenvalue weighted by molar-refractivity contribution is -0.119. The van der Waals surface area contributed by atoms with Crippen molar-refractivity contribution in [3.05, 3.63) is 65.2 Å². The van der Waals surface area contributed by atoms with E-state index in [1.54, 1.807) is 24.3 Å². The Morgan fingerprint density at radius 1 is 1.17 bits per heavy atom. The van der Waals surface area contributed by atoms with Crippen LogP contribution in [0.5, 0.6) is 5.75 Å². The summed E-state index contributed by atoms with van der Waals surface area (Å²) >= 11 is 0. The molecule has 0 spiro atoms. The number of ether oxygens (including phenoxy) is 1. The Morgan fingerprint density at radius 3 is 2.50 bits per heavy atom. The number of nitrogens with two attached hydrogens (primary N) is 1. The van der Waals surface area contributed by atoms with Gasteiger partial charge in [-0.05, 0) is 42.7 Å². The molecular formula is C19H22N2O3. The van der Waals surface area contributed by atoms with Crippen molar-refractivity contribution < 1.29 is 14.3 Å². The molecular weight excluding hydrogens is 304 g/mol. The number of rotatable bonds is 7. The summed E-state index contributed by atoms with van der Waals surface area (Å²) in [6.45, 7) is 3.82. The number of amides is 2. The van der Waals surface area contributed by atoms with Crippen molar-refractivity contribution in [1.29, 1.82) is 0 Å². The predicted molar refractivity (Wildman–Crippen MR) is 92.8 cm³/mol. The number of benzene rings is 2. The molecule has 0 aliphatic rings. The van der Waals surface area contributed by atoms with E-state index in [1.807, 2.05) is 19.1 Å². The van der Waals surface area contributed by atoms with Gasteiger partial charge in [0, 0.05) is 5.56 Å². The number of aryl methyl sites for hydroxylation is 1. The summed E-state index contributed by atoms with van der Waals surface area (Å²) in [5.74, 6) is -0.331. The van der Waals surface area contributed by atoms with Crippen molar-refractivity contribution in [1.82, 2.24) is 5.32 Å². The first-order valence-electron chi connectivity index (χ1n) is 7.90. The zero-order valence-corrected chi connectivity index (χ0v) is 13.9. The van der Waals surface area contributed by atoms with Gasteiger partial charge in [0.05, 0.1) is 6.04 Å². The summed E-state index contributed by atoms with van der Waals surface area (Å²) in [5, 5.41) is 2.96. The lowest BCUT2D eigenvalue weighted by Gasteiger charge is -2.15. The fourth-order valence-electron chi connectivity index (χ4n) is 2.29. The highest BCUT2D eigenvalue weighted by Gasteiger charge is 2.12. The summed E-state index contributed by atoms with van der Waals surface area (Å²) in [4.78, 5) is 23.1. The van der Waals surface area contributed by atoms with Crippen molar-refractivity contribution in [3.63, 3.8) is 0 Å². The molecule has 2 aromatic rings. The molecule has 126 valence electrons. The molecule has 0 saturated carbocycles.